The van der Waals surface area contributed by atoms with Gasteiger partial charge in [0.15, 0.2) is 0 Å². The molecule has 3 unspecified atom stereocenters. The summed E-state index contributed by atoms with van der Waals surface area (Å²) in [5, 5.41) is 10.5. The van der Waals surface area contributed by atoms with E-state index in [2.05, 4.69) is 0 Å². The number of esters is 2. The summed E-state index contributed by atoms with van der Waals surface area (Å²) < 4.78 is 16.1. The Kier molecular flexibility index (Phi) is 5.15. The zero-order valence-corrected chi connectivity index (χ0v) is 12.8. The van der Waals surface area contributed by atoms with Crippen LogP contribution >= 0.6 is 0 Å². The predicted molar refractivity (Wildman–Crippen MR) is 71.0 cm³/mol. The third-order valence-electron chi connectivity index (χ3n) is 3.57. The Morgan fingerprint density at radius 3 is 2.35 bits per heavy atom. The molecule has 0 amide bonds. The summed E-state index contributed by atoms with van der Waals surface area (Å²) in [7, 11) is 0. The van der Waals surface area contributed by atoms with Gasteiger partial charge in [0.2, 0.25) is 0 Å². The van der Waals surface area contributed by atoms with Crippen molar-refractivity contribution in [2.24, 2.45) is 0 Å². The first-order valence-electron chi connectivity index (χ1n) is 6.75. The van der Waals surface area contributed by atoms with Gasteiger partial charge in [-0.3, -0.25) is 9.59 Å². The molecule has 0 aromatic rings. The summed E-state index contributed by atoms with van der Waals surface area (Å²) in [5.41, 5.74) is -1.92. The zero-order chi connectivity index (χ0) is 15.6. The van der Waals surface area contributed by atoms with E-state index in [1.165, 1.54) is 13.8 Å². The number of aliphatic hydroxyl groups is 1. The average Bonchev–Trinajstić information content (AvgIpc) is 2.35. The monoisotopic (exact) mass is 288 g/mol. The highest BCUT2D eigenvalue weighted by molar-refractivity contribution is 5.66. The van der Waals surface area contributed by atoms with Crippen LogP contribution in [0.15, 0.2) is 0 Å². The number of rotatable bonds is 3. The molecule has 116 valence electrons. The quantitative estimate of drug-likeness (QED) is 0.786. The maximum atomic E-state index is 11.2. The molecule has 6 heteroatoms. The maximum absolute atomic E-state index is 11.2. The largest absolute Gasteiger partial charge is 0.463 e. The van der Waals surface area contributed by atoms with Crippen LogP contribution in [0.1, 0.15) is 47.5 Å². The van der Waals surface area contributed by atoms with Crippen LogP contribution in [0.2, 0.25) is 0 Å². The van der Waals surface area contributed by atoms with Gasteiger partial charge in [-0.15, -0.1) is 0 Å². The molecule has 0 bridgehead atoms. The minimum atomic E-state index is -1.15. The third-order valence-corrected chi connectivity index (χ3v) is 3.57. The van der Waals surface area contributed by atoms with E-state index >= 15 is 0 Å². The van der Waals surface area contributed by atoms with Crippen molar-refractivity contribution < 1.29 is 28.9 Å². The van der Waals surface area contributed by atoms with Crippen molar-refractivity contribution in [3.05, 3.63) is 0 Å². The summed E-state index contributed by atoms with van der Waals surface area (Å²) in [5.74, 6) is -0.812. The average molecular weight is 288 g/mol. The number of ether oxygens (including phenoxy) is 3. The maximum Gasteiger partial charge on any atom is 0.303 e. The SMILES string of the molecule is CC(=O)OCC1OC(C)(C)C(OC(C)=O)CCC1(C)O. The molecule has 0 aromatic carbocycles. The molecule has 1 aliphatic heterocycles. The predicted octanol–water partition coefficient (Wildman–Crippen LogP) is 1.19. The van der Waals surface area contributed by atoms with Crippen molar-refractivity contribution in [2.75, 3.05) is 6.61 Å². The molecule has 1 N–H and O–H groups in total. The molecular weight excluding hydrogens is 264 g/mol. The van der Waals surface area contributed by atoms with Crippen LogP contribution in [0.4, 0.5) is 0 Å². The van der Waals surface area contributed by atoms with Gasteiger partial charge in [-0.05, 0) is 33.6 Å². The Bertz CT molecular complexity index is 374. The first-order chi connectivity index (χ1) is 9.04. The molecule has 0 saturated carbocycles. The fourth-order valence-corrected chi connectivity index (χ4v) is 2.31. The molecule has 1 heterocycles. The Balaban J connectivity index is 2.87. The van der Waals surface area contributed by atoms with E-state index in [1.54, 1.807) is 20.8 Å². The van der Waals surface area contributed by atoms with Gasteiger partial charge in [-0.2, -0.15) is 0 Å². The van der Waals surface area contributed by atoms with Crippen LogP contribution < -0.4 is 0 Å². The smallest absolute Gasteiger partial charge is 0.303 e. The molecule has 20 heavy (non-hydrogen) atoms. The fourth-order valence-electron chi connectivity index (χ4n) is 2.31. The van der Waals surface area contributed by atoms with E-state index in [9.17, 15) is 14.7 Å². The van der Waals surface area contributed by atoms with Gasteiger partial charge in [0.05, 0.1) is 5.60 Å². The number of carbonyl (C=O) groups excluding carboxylic acids is 2. The first kappa shape index (κ1) is 16.9. The number of hydrogen-bond acceptors (Lipinski definition) is 6. The van der Waals surface area contributed by atoms with Crippen molar-refractivity contribution in [3.63, 3.8) is 0 Å². The van der Waals surface area contributed by atoms with Crippen molar-refractivity contribution in [3.8, 4) is 0 Å². The second-order valence-electron chi connectivity index (χ2n) is 6.01. The van der Waals surface area contributed by atoms with E-state index < -0.39 is 29.4 Å². The van der Waals surface area contributed by atoms with Crippen LogP contribution in [0.3, 0.4) is 0 Å². The molecule has 1 fully saturated rings. The van der Waals surface area contributed by atoms with Crippen molar-refractivity contribution in [2.45, 2.75) is 70.9 Å². The van der Waals surface area contributed by atoms with Gasteiger partial charge < -0.3 is 19.3 Å². The van der Waals surface area contributed by atoms with Crippen LogP contribution in [0.25, 0.3) is 0 Å². The zero-order valence-electron chi connectivity index (χ0n) is 12.8. The molecule has 0 radical (unpaired) electrons. The normalized spacial score (nSPS) is 33.1. The van der Waals surface area contributed by atoms with Gasteiger partial charge in [-0.1, -0.05) is 0 Å². The van der Waals surface area contributed by atoms with Gasteiger partial charge in [-0.25, -0.2) is 0 Å². The summed E-state index contributed by atoms with van der Waals surface area (Å²) in [6.45, 7) is 7.84. The van der Waals surface area contributed by atoms with Crippen LogP contribution in [-0.4, -0.2) is 47.1 Å². The molecule has 1 rings (SSSR count). The highest BCUT2D eigenvalue weighted by Gasteiger charge is 2.46. The van der Waals surface area contributed by atoms with Crippen molar-refractivity contribution in [1.82, 2.24) is 0 Å². The summed E-state index contributed by atoms with van der Waals surface area (Å²) in [4.78, 5) is 22.1. The second-order valence-corrected chi connectivity index (χ2v) is 6.01. The van der Waals surface area contributed by atoms with Crippen LogP contribution in [0.5, 0.6) is 0 Å². The highest BCUT2D eigenvalue weighted by Crippen LogP contribution is 2.35. The van der Waals surface area contributed by atoms with Gasteiger partial charge in [0.1, 0.15) is 24.4 Å². The number of carbonyl (C=O) groups is 2. The summed E-state index contributed by atoms with van der Waals surface area (Å²) >= 11 is 0. The first-order valence-corrected chi connectivity index (χ1v) is 6.75. The van der Waals surface area contributed by atoms with Crippen LogP contribution in [-0.2, 0) is 23.8 Å². The molecule has 0 aliphatic carbocycles. The summed E-state index contributed by atoms with van der Waals surface area (Å²) in [6, 6.07) is 0. The van der Waals surface area contributed by atoms with Gasteiger partial charge >= 0.3 is 11.9 Å². The Morgan fingerprint density at radius 1 is 1.25 bits per heavy atom. The lowest BCUT2D eigenvalue weighted by atomic mass is 9.91. The van der Waals surface area contributed by atoms with E-state index in [-0.39, 0.29) is 12.6 Å². The Labute approximate surface area is 119 Å². The second kappa shape index (κ2) is 6.10. The molecule has 1 aliphatic rings. The molecular formula is C14H24O6. The summed E-state index contributed by atoms with van der Waals surface area (Å²) in [6.07, 6.45) is -0.244. The molecule has 6 nitrogen and oxygen atoms in total. The lowest BCUT2D eigenvalue weighted by Gasteiger charge is -2.36. The molecule has 0 spiro atoms. The highest BCUT2D eigenvalue weighted by atomic mass is 16.6. The lowest BCUT2D eigenvalue weighted by Crippen LogP contribution is -2.48. The van der Waals surface area contributed by atoms with E-state index in [0.717, 1.165) is 0 Å². The lowest BCUT2D eigenvalue weighted by molar-refractivity contribution is -0.197. The standard InChI is InChI=1S/C14H24O6/c1-9(15)18-8-12-14(5,17)7-6-11(19-10(2)16)13(3,4)20-12/h11-12,17H,6-8H2,1-5H3. The molecule has 3 atom stereocenters. The molecule has 1 saturated heterocycles. The van der Waals surface area contributed by atoms with Crippen molar-refractivity contribution >= 4 is 11.9 Å². The Morgan fingerprint density at radius 2 is 1.85 bits per heavy atom. The topological polar surface area (TPSA) is 82.1 Å². The number of hydrogen-bond donors (Lipinski definition) is 1. The minimum absolute atomic E-state index is 0.0292. The Hall–Kier alpha value is -1.14. The van der Waals surface area contributed by atoms with Crippen LogP contribution in [0, 0.1) is 0 Å². The van der Waals surface area contributed by atoms with E-state index in [4.69, 9.17) is 14.2 Å². The minimum Gasteiger partial charge on any atom is -0.463 e. The third kappa shape index (κ3) is 4.45. The van der Waals surface area contributed by atoms with Gasteiger partial charge in [0, 0.05) is 13.8 Å². The van der Waals surface area contributed by atoms with E-state index in [1.807, 2.05) is 0 Å². The van der Waals surface area contributed by atoms with Crippen molar-refractivity contribution in [1.29, 1.82) is 0 Å². The van der Waals surface area contributed by atoms with Gasteiger partial charge in [0.25, 0.3) is 0 Å². The van der Waals surface area contributed by atoms with E-state index in [0.29, 0.717) is 12.8 Å². The fraction of sp³-hybridized carbons (Fsp3) is 0.857. The molecule has 0 aromatic heterocycles.